The third-order valence-electron chi connectivity index (χ3n) is 3.39. The van der Waals surface area contributed by atoms with Crippen LogP contribution in [0.3, 0.4) is 0 Å². The summed E-state index contributed by atoms with van der Waals surface area (Å²) in [7, 11) is 0. The Kier molecular flexibility index (Phi) is 6.07. The minimum absolute atomic E-state index is 0.212. The maximum atomic E-state index is 11.3. The van der Waals surface area contributed by atoms with Crippen LogP contribution in [0.1, 0.15) is 6.92 Å². The van der Waals surface area contributed by atoms with Gasteiger partial charge in [0.2, 0.25) is 12.2 Å². The topological polar surface area (TPSA) is 108 Å². The summed E-state index contributed by atoms with van der Waals surface area (Å²) in [6, 6.07) is 3.47. The molecule has 1 aliphatic heterocycles. The summed E-state index contributed by atoms with van der Waals surface area (Å²) in [4.78, 5) is 11.3. The van der Waals surface area contributed by atoms with Gasteiger partial charge in [0.1, 0.15) is 30.1 Å². The molecule has 0 saturated carbocycles. The van der Waals surface area contributed by atoms with Crippen molar-refractivity contribution >= 4 is 29.1 Å². The highest BCUT2D eigenvalue weighted by molar-refractivity contribution is 6.35. The van der Waals surface area contributed by atoms with E-state index in [9.17, 15) is 20.1 Å². The fourth-order valence-electron chi connectivity index (χ4n) is 2.27. The van der Waals surface area contributed by atoms with Gasteiger partial charge in [-0.3, -0.25) is 4.79 Å². The van der Waals surface area contributed by atoms with Gasteiger partial charge in [-0.05, 0) is 18.2 Å². The fourth-order valence-corrected chi connectivity index (χ4v) is 2.72. The van der Waals surface area contributed by atoms with E-state index in [-0.39, 0.29) is 10.8 Å². The summed E-state index contributed by atoms with van der Waals surface area (Å²) in [5, 5.41) is 32.4. The normalized spacial score (nSPS) is 30.8. The van der Waals surface area contributed by atoms with Crippen LogP contribution >= 0.6 is 23.2 Å². The molecule has 0 radical (unpaired) electrons. The van der Waals surface area contributed by atoms with Crippen LogP contribution in [-0.2, 0) is 9.53 Å². The molecule has 9 heteroatoms. The molecule has 128 valence electrons. The summed E-state index contributed by atoms with van der Waals surface area (Å²) in [5.41, 5.74) is 0. The second kappa shape index (κ2) is 7.65. The van der Waals surface area contributed by atoms with Crippen molar-refractivity contribution in [2.75, 3.05) is 6.61 Å². The second-order valence-electron chi connectivity index (χ2n) is 5.13. The van der Waals surface area contributed by atoms with Crippen molar-refractivity contribution in [2.24, 2.45) is 0 Å². The molecule has 4 N–H and O–H groups in total. The molecule has 0 spiro atoms. The van der Waals surface area contributed by atoms with Gasteiger partial charge < -0.3 is 30.1 Å². The van der Waals surface area contributed by atoms with Gasteiger partial charge in [0.05, 0.1) is 11.6 Å². The number of aliphatic hydroxyl groups excluding tert-OH is 3. The van der Waals surface area contributed by atoms with Crippen molar-refractivity contribution in [3.63, 3.8) is 0 Å². The first-order valence-electron chi connectivity index (χ1n) is 6.84. The second-order valence-corrected chi connectivity index (χ2v) is 5.97. The third-order valence-corrected chi connectivity index (χ3v) is 3.92. The Hall–Kier alpha value is -1.09. The van der Waals surface area contributed by atoms with Gasteiger partial charge in [0, 0.05) is 11.9 Å². The van der Waals surface area contributed by atoms with E-state index >= 15 is 0 Å². The SMILES string of the molecule is CC(=O)N[C@H]1[C@H](Oc2ccc(Cl)cc2Cl)O[C@H](CO)[C@@H](O)[C@@H]1O. The summed E-state index contributed by atoms with van der Waals surface area (Å²) in [6.45, 7) is 0.725. The number of ether oxygens (including phenoxy) is 2. The van der Waals surface area contributed by atoms with E-state index in [0.29, 0.717) is 5.02 Å². The van der Waals surface area contributed by atoms with Gasteiger partial charge in [0.25, 0.3) is 0 Å². The minimum atomic E-state index is -1.39. The van der Waals surface area contributed by atoms with E-state index in [1.807, 2.05) is 0 Å². The molecule has 1 aromatic carbocycles. The highest BCUT2D eigenvalue weighted by Crippen LogP contribution is 2.31. The molecule has 1 fully saturated rings. The lowest BCUT2D eigenvalue weighted by Gasteiger charge is -2.42. The van der Waals surface area contributed by atoms with Crippen molar-refractivity contribution in [3.05, 3.63) is 28.2 Å². The standard InChI is InChI=1S/C14H17Cl2NO6/c1-6(19)17-11-13(21)12(20)10(5-18)23-14(11)22-9-3-2-7(15)4-8(9)16/h2-4,10-14,18,20-21H,5H2,1H3,(H,17,19)/t10-,11-,12-,13-,14-/m1/s1. The summed E-state index contributed by atoms with van der Waals surface area (Å²) in [6.07, 6.45) is -4.99. The zero-order valence-electron chi connectivity index (χ0n) is 12.1. The molecule has 1 aliphatic rings. The van der Waals surface area contributed by atoms with E-state index in [1.54, 1.807) is 6.07 Å². The molecule has 2 rings (SSSR count). The molecule has 1 saturated heterocycles. The summed E-state index contributed by atoms with van der Waals surface area (Å²) in [5.74, 6) is -0.222. The maximum Gasteiger partial charge on any atom is 0.223 e. The summed E-state index contributed by atoms with van der Waals surface area (Å²) >= 11 is 11.8. The van der Waals surface area contributed by atoms with Crippen molar-refractivity contribution in [2.45, 2.75) is 37.6 Å². The maximum absolute atomic E-state index is 11.3. The van der Waals surface area contributed by atoms with Crippen LogP contribution in [0.15, 0.2) is 18.2 Å². The third kappa shape index (κ3) is 4.26. The number of hydrogen-bond donors (Lipinski definition) is 4. The fraction of sp³-hybridized carbons (Fsp3) is 0.500. The predicted molar refractivity (Wildman–Crippen MR) is 82.5 cm³/mol. The Labute approximate surface area is 142 Å². The molecule has 0 aliphatic carbocycles. The average molecular weight is 366 g/mol. The molecule has 23 heavy (non-hydrogen) atoms. The van der Waals surface area contributed by atoms with E-state index in [2.05, 4.69) is 5.32 Å². The number of amides is 1. The van der Waals surface area contributed by atoms with Crippen molar-refractivity contribution in [1.29, 1.82) is 0 Å². The Balaban J connectivity index is 2.25. The Morgan fingerprint density at radius 3 is 2.61 bits per heavy atom. The molecule has 0 aromatic heterocycles. The number of nitrogens with one attached hydrogen (secondary N) is 1. The first-order chi connectivity index (χ1) is 10.8. The first-order valence-corrected chi connectivity index (χ1v) is 7.60. The number of rotatable bonds is 4. The van der Waals surface area contributed by atoms with Crippen molar-refractivity contribution < 1.29 is 29.6 Å². The van der Waals surface area contributed by atoms with Gasteiger partial charge >= 0.3 is 0 Å². The van der Waals surface area contributed by atoms with E-state index in [0.717, 1.165) is 0 Å². The van der Waals surface area contributed by atoms with Crippen LogP contribution in [0.2, 0.25) is 10.0 Å². The molecular formula is C14H17Cl2NO6. The molecule has 1 heterocycles. The predicted octanol–water partition coefficient (Wildman–Crippen LogP) is 0.316. The quantitative estimate of drug-likeness (QED) is 0.611. The number of benzene rings is 1. The van der Waals surface area contributed by atoms with Crippen LogP contribution in [-0.4, -0.2) is 58.5 Å². The molecule has 1 amide bonds. The van der Waals surface area contributed by atoms with Gasteiger partial charge in [0.15, 0.2) is 0 Å². The molecule has 0 bridgehead atoms. The Morgan fingerprint density at radius 1 is 1.35 bits per heavy atom. The van der Waals surface area contributed by atoms with E-state index in [1.165, 1.54) is 19.1 Å². The van der Waals surface area contributed by atoms with Crippen LogP contribution in [0.5, 0.6) is 5.75 Å². The summed E-state index contributed by atoms with van der Waals surface area (Å²) < 4.78 is 11.0. The van der Waals surface area contributed by atoms with Crippen molar-refractivity contribution in [3.8, 4) is 5.75 Å². The number of hydrogen-bond acceptors (Lipinski definition) is 6. The lowest BCUT2D eigenvalue weighted by atomic mass is 9.97. The van der Waals surface area contributed by atoms with Gasteiger partial charge in [-0.15, -0.1) is 0 Å². The molecule has 1 aromatic rings. The monoisotopic (exact) mass is 365 g/mol. The highest BCUT2D eigenvalue weighted by Gasteiger charge is 2.46. The zero-order valence-corrected chi connectivity index (χ0v) is 13.7. The van der Waals surface area contributed by atoms with Crippen LogP contribution in [0.4, 0.5) is 0 Å². The molecule has 5 atom stereocenters. The van der Waals surface area contributed by atoms with Crippen LogP contribution < -0.4 is 10.1 Å². The molecular weight excluding hydrogens is 349 g/mol. The largest absolute Gasteiger partial charge is 0.461 e. The average Bonchev–Trinajstić information content (AvgIpc) is 2.48. The van der Waals surface area contributed by atoms with E-state index in [4.69, 9.17) is 32.7 Å². The zero-order chi connectivity index (χ0) is 17.1. The number of aliphatic hydroxyl groups is 3. The Morgan fingerprint density at radius 2 is 2.04 bits per heavy atom. The smallest absolute Gasteiger partial charge is 0.223 e. The van der Waals surface area contributed by atoms with E-state index < -0.39 is 43.2 Å². The lowest BCUT2D eigenvalue weighted by molar-refractivity contribution is -0.244. The van der Waals surface area contributed by atoms with Gasteiger partial charge in [-0.1, -0.05) is 23.2 Å². The van der Waals surface area contributed by atoms with Gasteiger partial charge in [-0.2, -0.15) is 0 Å². The van der Waals surface area contributed by atoms with Crippen molar-refractivity contribution in [1.82, 2.24) is 5.32 Å². The Bertz CT molecular complexity index is 572. The first kappa shape index (κ1) is 18.3. The number of halogens is 2. The number of carbonyl (C=O) groups is 1. The molecule has 7 nitrogen and oxygen atoms in total. The molecule has 0 unspecified atom stereocenters. The lowest BCUT2D eigenvalue weighted by Crippen LogP contribution is -2.65. The van der Waals surface area contributed by atoms with Crippen LogP contribution in [0, 0.1) is 0 Å². The minimum Gasteiger partial charge on any atom is -0.461 e. The van der Waals surface area contributed by atoms with Gasteiger partial charge in [-0.25, -0.2) is 0 Å². The highest BCUT2D eigenvalue weighted by atomic mass is 35.5. The number of carbonyl (C=O) groups excluding carboxylic acids is 1. The van der Waals surface area contributed by atoms with Crippen LogP contribution in [0.25, 0.3) is 0 Å².